The number of hydrogen-bond donors (Lipinski definition) is 2. The SMILES string of the molecule is CNC(=O)C(NC(=O)c1cccc(S(=O)(=O)N2CC(C)CC(C)C2)c1)c1ccc(F)c(F)c1. The lowest BCUT2D eigenvalue weighted by Gasteiger charge is -2.34. The number of hydrogen-bond acceptors (Lipinski definition) is 4. The average molecular weight is 480 g/mol. The van der Waals surface area contributed by atoms with E-state index in [1.54, 1.807) is 0 Å². The van der Waals surface area contributed by atoms with Crippen LogP contribution in [0.3, 0.4) is 0 Å². The van der Waals surface area contributed by atoms with Crippen molar-refractivity contribution in [1.29, 1.82) is 0 Å². The maximum atomic E-state index is 13.7. The van der Waals surface area contributed by atoms with Crippen LogP contribution in [0.25, 0.3) is 0 Å². The van der Waals surface area contributed by atoms with Crippen molar-refractivity contribution in [2.75, 3.05) is 20.1 Å². The van der Waals surface area contributed by atoms with Gasteiger partial charge in [-0.2, -0.15) is 4.31 Å². The van der Waals surface area contributed by atoms with Crippen LogP contribution in [0.1, 0.15) is 42.2 Å². The summed E-state index contributed by atoms with van der Waals surface area (Å²) < 4.78 is 54.8. The lowest BCUT2D eigenvalue weighted by atomic mass is 9.94. The fourth-order valence-electron chi connectivity index (χ4n) is 4.10. The molecule has 1 fully saturated rings. The van der Waals surface area contributed by atoms with Crippen molar-refractivity contribution in [2.45, 2.75) is 31.2 Å². The zero-order chi connectivity index (χ0) is 24.3. The number of amides is 2. The van der Waals surface area contributed by atoms with E-state index in [4.69, 9.17) is 0 Å². The van der Waals surface area contributed by atoms with Crippen molar-refractivity contribution >= 4 is 21.8 Å². The summed E-state index contributed by atoms with van der Waals surface area (Å²) in [6.07, 6.45) is 0.944. The normalized spacial score (nSPS) is 20.2. The number of nitrogens with zero attached hydrogens (tertiary/aromatic N) is 1. The third-order valence-corrected chi connectivity index (χ3v) is 7.46. The Morgan fingerprint density at radius 3 is 2.30 bits per heavy atom. The van der Waals surface area contributed by atoms with Crippen LogP contribution in [-0.4, -0.2) is 44.7 Å². The number of benzene rings is 2. The van der Waals surface area contributed by atoms with E-state index in [1.807, 2.05) is 13.8 Å². The number of carbonyl (C=O) groups excluding carboxylic acids is 2. The summed E-state index contributed by atoms with van der Waals surface area (Å²) in [5.41, 5.74) is 0.0623. The Bertz CT molecular complexity index is 1150. The van der Waals surface area contributed by atoms with Gasteiger partial charge >= 0.3 is 0 Å². The standard InChI is InChI=1S/C23H27F2N3O4S/c1-14-9-15(2)13-28(12-14)33(31,32)18-6-4-5-17(10-18)22(29)27-21(23(30)26-3)16-7-8-19(24)20(25)11-16/h4-8,10-11,14-15,21H,9,12-13H2,1-3H3,(H,26,30)(H,27,29). The number of likely N-dealkylation sites (N-methyl/N-ethyl adjacent to an activating group) is 1. The van der Waals surface area contributed by atoms with Crippen LogP contribution in [0.5, 0.6) is 0 Å². The number of piperidine rings is 1. The molecule has 3 unspecified atom stereocenters. The summed E-state index contributed by atoms with van der Waals surface area (Å²) in [6.45, 7) is 4.80. The van der Waals surface area contributed by atoms with Crippen molar-refractivity contribution < 1.29 is 26.8 Å². The molecule has 2 N–H and O–H groups in total. The van der Waals surface area contributed by atoms with Crippen LogP contribution < -0.4 is 10.6 Å². The van der Waals surface area contributed by atoms with Gasteiger partial charge in [0.1, 0.15) is 6.04 Å². The van der Waals surface area contributed by atoms with E-state index < -0.39 is 39.5 Å². The fourth-order valence-corrected chi connectivity index (χ4v) is 5.83. The first-order valence-corrected chi connectivity index (χ1v) is 12.0. The second-order valence-electron chi connectivity index (χ2n) is 8.49. The van der Waals surface area contributed by atoms with Crippen LogP contribution >= 0.6 is 0 Å². The van der Waals surface area contributed by atoms with E-state index in [1.165, 1.54) is 41.7 Å². The molecule has 0 saturated carbocycles. The Morgan fingerprint density at radius 2 is 1.70 bits per heavy atom. The van der Waals surface area contributed by atoms with Crippen LogP contribution in [-0.2, 0) is 14.8 Å². The molecular formula is C23H27F2N3O4S. The van der Waals surface area contributed by atoms with Crippen molar-refractivity contribution in [3.63, 3.8) is 0 Å². The zero-order valence-electron chi connectivity index (χ0n) is 18.6. The third kappa shape index (κ3) is 5.56. The number of sulfonamides is 1. The van der Waals surface area contributed by atoms with E-state index in [0.717, 1.165) is 18.6 Å². The van der Waals surface area contributed by atoms with Gasteiger partial charge in [-0.05, 0) is 54.2 Å². The summed E-state index contributed by atoms with van der Waals surface area (Å²) in [7, 11) is -2.47. The molecule has 0 radical (unpaired) electrons. The molecule has 0 aromatic heterocycles. The molecule has 7 nitrogen and oxygen atoms in total. The molecule has 2 aromatic rings. The molecule has 0 aliphatic carbocycles. The lowest BCUT2D eigenvalue weighted by molar-refractivity contribution is -0.122. The molecule has 0 spiro atoms. The first-order valence-electron chi connectivity index (χ1n) is 10.6. The maximum Gasteiger partial charge on any atom is 0.252 e. The van der Waals surface area contributed by atoms with Gasteiger partial charge in [-0.25, -0.2) is 17.2 Å². The molecule has 1 aliphatic heterocycles. The summed E-state index contributed by atoms with van der Waals surface area (Å²) in [4.78, 5) is 25.2. The molecule has 2 aromatic carbocycles. The van der Waals surface area contributed by atoms with E-state index in [2.05, 4.69) is 10.6 Å². The predicted molar refractivity (Wildman–Crippen MR) is 119 cm³/mol. The third-order valence-electron chi connectivity index (χ3n) is 5.63. The van der Waals surface area contributed by atoms with E-state index in [9.17, 15) is 26.8 Å². The Hall–Kier alpha value is -2.85. The highest BCUT2D eigenvalue weighted by atomic mass is 32.2. The van der Waals surface area contributed by atoms with Gasteiger partial charge in [-0.1, -0.05) is 26.0 Å². The van der Waals surface area contributed by atoms with Gasteiger partial charge in [0.2, 0.25) is 15.9 Å². The first-order chi connectivity index (χ1) is 15.5. The number of carbonyl (C=O) groups is 2. The number of rotatable bonds is 6. The van der Waals surface area contributed by atoms with Gasteiger partial charge in [0.05, 0.1) is 4.90 Å². The van der Waals surface area contributed by atoms with E-state index >= 15 is 0 Å². The second-order valence-corrected chi connectivity index (χ2v) is 10.4. The van der Waals surface area contributed by atoms with Crippen LogP contribution in [0, 0.1) is 23.5 Å². The average Bonchev–Trinajstić information content (AvgIpc) is 2.78. The van der Waals surface area contributed by atoms with Gasteiger partial charge in [-0.15, -0.1) is 0 Å². The molecule has 33 heavy (non-hydrogen) atoms. The van der Waals surface area contributed by atoms with Crippen LogP contribution in [0.15, 0.2) is 47.4 Å². The smallest absolute Gasteiger partial charge is 0.252 e. The highest BCUT2D eigenvalue weighted by Crippen LogP contribution is 2.27. The Morgan fingerprint density at radius 1 is 1.03 bits per heavy atom. The summed E-state index contributed by atoms with van der Waals surface area (Å²) >= 11 is 0. The largest absolute Gasteiger partial charge is 0.357 e. The quantitative estimate of drug-likeness (QED) is 0.666. The fraction of sp³-hybridized carbons (Fsp3) is 0.391. The molecular weight excluding hydrogens is 452 g/mol. The van der Waals surface area contributed by atoms with Gasteiger partial charge < -0.3 is 10.6 Å². The van der Waals surface area contributed by atoms with Gasteiger partial charge in [0.25, 0.3) is 5.91 Å². The minimum Gasteiger partial charge on any atom is -0.357 e. The van der Waals surface area contributed by atoms with Crippen molar-refractivity contribution in [3.05, 3.63) is 65.2 Å². The first kappa shape index (κ1) is 24.8. The highest BCUT2D eigenvalue weighted by molar-refractivity contribution is 7.89. The molecule has 10 heteroatoms. The number of nitrogens with one attached hydrogen (secondary N) is 2. The minimum atomic E-state index is -3.81. The van der Waals surface area contributed by atoms with Crippen molar-refractivity contribution in [2.24, 2.45) is 11.8 Å². The van der Waals surface area contributed by atoms with Crippen LogP contribution in [0.4, 0.5) is 8.78 Å². The molecule has 0 bridgehead atoms. The predicted octanol–water partition coefficient (Wildman–Crippen LogP) is 2.85. The Kier molecular flexibility index (Phi) is 7.48. The number of halogens is 2. The van der Waals surface area contributed by atoms with E-state index in [-0.39, 0.29) is 27.9 Å². The molecule has 1 saturated heterocycles. The topological polar surface area (TPSA) is 95.6 Å². The maximum absolute atomic E-state index is 13.7. The Balaban J connectivity index is 1.87. The van der Waals surface area contributed by atoms with Gasteiger partial charge in [0.15, 0.2) is 11.6 Å². The monoisotopic (exact) mass is 479 g/mol. The van der Waals surface area contributed by atoms with Crippen LogP contribution in [0.2, 0.25) is 0 Å². The summed E-state index contributed by atoms with van der Waals surface area (Å²) in [5, 5.41) is 4.84. The Labute approximate surface area is 192 Å². The lowest BCUT2D eigenvalue weighted by Crippen LogP contribution is -2.42. The molecule has 3 rings (SSSR count). The molecule has 1 aliphatic rings. The van der Waals surface area contributed by atoms with E-state index in [0.29, 0.717) is 13.1 Å². The summed E-state index contributed by atoms with van der Waals surface area (Å²) in [5.74, 6) is -3.17. The summed E-state index contributed by atoms with van der Waals surface area (Å²) in [6, 6.07) is 7.12. The molecule has 1 heterocycles. The van der Waals surface area contributed by atoms with Crippen molar-refractivity contribution in [3.8, 4) is 0 Å². The zero-order valence-corrected chi connectivity index (χ0v) is 19.5. The minimum absolute atomic E-state index is 0.0191. The van der Waals surface area contributed by atoms with Crippen molar-refractivity contribution in [1.82, 2.24) is 14.9 Å². The van der Waals surface area contributed by atoms with Gasteiger partial charge in [-0.3, -0.25) is 9.59 Å². The highest BCUT2D eigenvalue weighted by Gasteiger charge is 2.32. The molecule has 178 valence electrons. The second kappa shape index (κ2) is 9.96. The van der Waals surface area contributed by atoms with Gasteiger partial charge in [0, 0.05) is 25.7 Å². The molecule has 2 amide bonds. The molecule has 3 atom stereocenters.